The molecule has 0 N–H and O–H groups in total. The van der Waals surface area contributed by atoms with Crippen molar-refractivity contribution in [3.8, 4) is 0 Å². The number of hydrogen-bond donors (Lipinski definition) is 0. The zero-order valence-corrected chi connectivity index (χ0v) is 13.1. The molecule has 104 valence electrons. The van der Waals surface area contributed by atoms with Crippen LogP contribution < -0.4 is 0 Å². The molecule has 0 saturated carbocycles. The molecule has 3 heteroatoms. The second-order valence-electron chi connectivity index (χ2n) is 5.16. The van der Waals surface area contributed by atoms with Gasteiger partial charge in [0.25, 0.3) is 0 Å². The average molecular weight is 341 g/mol. The molecule has 0 amide bonds. The van der Waals surface area contributed by atoms with Crippen LogP contribution in [0.5, 0.6) is 0 Å². The van der Waals surface area contributed by atoms with Gasteiger partial charge in [0.15, 0.2) is 11.6 Å². The fraction of sp³-hybridized carbons (Fsp3) is 0.111. The molecule has 0 aliphatic heterocycles. The van der Waals surface area contributed by atoms with Crippen molar-refractivity contribution >= 4 is 27.5 Å². The van der Waals surface area contributed by atoms with Gasteiger partial charge in [0, 0.05) is 27.6 Å². The van der Waals surface area contributed by atoms with Gasteiger partial charge in [0.05, 0.1) is 0 Å². The number of rotatable bonds is 2. The van der Waals surface area contributed by atoms with Crippen molar-refractivity contribution in [1.29, 1.82) is 0 Å². The van der Waals surface area contributed by atoms with Crippen LogP contribution in [0.2, 0.25) is 0 Å². The van der Waals surface area contributed by atoms with Gasteiger partial charge >= 0.3 is 0 Å². The lowest BCUT2D eigenvalue weighted by atomic mass is 9.86. The summed E-state index contributed by atoms with van der Waals surface area (Å²) in [5.41, 5.74) is 3.73. The first-order valence-corrected chi connectivity index (χ1v) is 7.49. The van der Waals surface area contributed by atoms with Crippen molar-refractivity contribution < 1.29 is 9.59 Å². The number of carbonyl (C=O) groups is 2. The Balaban J connectivity index is 1.97. The first-order valence-electron chi connectivity index (χ1n) is 6.70. The maximum Gasteiger partial charge on any atom is 0.190 e. The van der Waals surface area contributed by atoms with Gasteiger partial charge in [-0.3, -0.25) is 9.59 Å². The van der Waals surface area contributed by atoms with Gasteiger partial charge in [0.1, 0.15) is 0 Å². The third-order valence-corrected chi connectivity index (χ3v) is 4.21. The van der Waals surface area contributed by atoms with Gasteiger partial charge in [-0.1, -0.05) is 46.3 Å². The molecule has 0 heterocycles. The highest BCUT2D eigenvalue weighted by atomic mass is 79.9. The zero-order valence-electron chi connectivity index (χ0n) is 11.5. The molecular weight excluding hydrogens is 328 g/mol. The summed E-state index contributed by atoms with van der Waals surface area (Å²) in [5.74, 6) is -0.137. The number of carbonyl (C=O) groups excluding carboxylic acids is 2. The van der Waals surface area contributed by atoms with E-state index in [-0.39, 0.29) is 11.6 Å². The second-order valence-corrected chi connectivity index (χ2v) is 6.07. The summed E-state index contributed by atoms with van der Waals surface area (Å²) in [7, 11) is 0. The molecule has 0 atom stereocenters. The van der Waals surface area contributed by atoms with Crippen molar-refractivity contribution in [3.05, 3.63) is 80.8 Å². The highest BCUT2D eigenvalue weighted by Gasteiger charge is 2.25. The molecule has 0 fully saturated rings. The fourth-order valence-electron chi connectivity index (χ4n) is 2.56. The Morgan fingerprint density at radius 2 is 1.71 bits per heavy atom. The van der Waals surface area contributed by atoms with Crippen LogP contribution in [-0.4, -0.2) is 11.6 Å². The number of Topliss-reactive ketones (excluding diaryl/α,β-unsaturated/α-hetero) is 1. The standard InChI is InChI=1S/C18H13BrO2/c1-11-8-14(19)7-6-12(11)9-13-10-17(20)15-4-2-3-5-16(15)18(13)21/h2-8,10H,9H2,1H3. The van der Waals surface area contributed by atoms with Gasteiger partial charge in [-0.2, -0.15) is 0 Å². The fourth-order valence-corrected chi connectivity index (χ4v) is 3.04. The van der Waals surface area contributed by atoms with Gasteiger partial charge in [0.2, 0.25) is 0 Å². The third kappa shape index (κ3) is 2.61. The smallest absolute Gasteiger partial charge is 0.190 e. The molecule has 0 saturated heterocycles. The number of ketones is 2. The Morgan fingerprint density at radius 1 is 1.00 bits per heavy atom. The van der Waals surface area contributed by atoms with E-state index in [1.165, 1.54) is 6.08 Å². The third-order valence-electron chi connectivity index (χ3n) is 3.72. The van der Waals surface area contributed by atoms with Crippen LogP contribution in [0.1, 0.15) is 31.8 Å². The summed E-state index contributed by atoms with van der Waals surface area (Å²) in [6, 6.07) is 12.9. The molecule has 3 rings (SSSR count). The molecule has 0 bridgehead atoms. The lowest BCUT2D eigenvalue weighted by Gasteiger charge is -2.16. The predicted molar refractivity (Wildman–Crippen MR) is 85.8 cm³/mol. The minimum atomic E-state index is -0.0880. The minimum absolute atomic E-state index is 0.0486. The van der Waals surface area contributed by atoms with Crippen LogP contribution in [0.3, 0.4) is 0 Å². The van der Waals surface area contributed by atoms with Crippen LogP contribution >= 0.6 is 15.9 Å². The van der Waals surface area contributed by atoms with Crippen molar-refractivity contribution in [2.75, 3.05) is 0 Å². The van der Waals surface area contributed by atoms with Gasteiger partial charge in [-0.25, -0.2) is 0 Å². The van der Waals surface area contributed by atoms with E-state index < -0.39 is 0 Å². The van der Waals surface area contributed by atoms with Crippen LogP contribution in [0, 0.1) is 6.92 Å². The summed E-state index contributed by atoms with van der Waals surface area (Å²) in [6.07, 6.45) is 1.96. The van der Waals surface area contributed by atoms with Gasteiger partial charge in [-0.05, 0) is 36.3 Å². The molecular formula is C18H13BrO2. The Labute approximate surface area is 131 Å². The quantitative estimate of drug-likeness (QED) is 0.816. The maximum absolute atomic E-state index is 12.5. The number of hydrogen-bond acceptors (Lipinski definition) is 2. The molecule has 21 heavy (non-hydrogen) atoms. The summed E-state index contributed by atoms with van der Waals surface area (Å²) in [5, 5.41) is 0. The van der Waals surface area contributed by atoms with Crippen molar-refractivity contribution in [2.24, 2.45) is 0 Å². The minimum Gasteiger partial charge on any atom is -0.289 e. The normalized spacial score (nSPS) is 13.9. The van der Waals surface area contributed by atoms with Crippen LogP contribution in [0.4, 0.5) is 0 Å². The first kappa shape index (κ1) is 14.0. The molecule has 0 aromatic heterocycles. The SMILES string of the molecule is Cc1cc(Br)ccc1CC1=CC(=O)c2ccccc2C1=O. The molecule has 1 aliphatic rings. The Morgan fingerprint density at radius 3 is 2.43 bits per heavy atom. The van der Waals surface area contributed by atoms with Crippen LogP contribution in [0.15, 0.2) is 58.6 Å². The topological polar surface area (TPSA) is 34.1 Å². The van der Waals surface area contributed by atoms with E-state index in [0.29, 0.717) is 23.1 Å². The number of fused-ring (bicyclic) bond motifs is 1. The van der Waals surface area contributed by atoms with Gasteiger partial charge < -0.3 is 0 Å². The van der Waals surface area contributed by atoms with Crippen molar-refractivity contribution in [2.45, 2.75) is 13.3 Å². The lowest BCUT2D eigenvalue weighted by Crippen LogP contribution is -2.18. The number of aryl methyl sites for hydroxylation is 1. The van der Waals surface area contributed by atoms with Crippen LogP contribution in [0.25, 0.3) is 0 Å². The zero-order chi connectivity index (χ0) is 15.0. The van der Waals surface area contributed by atoms with Crippen molar-refractivity contribution in [1.82, 2.24) is 0 Å². The molecule has 0 spiro atoms. The molecule has 2 aromatic rings. The number of halogens is 1. The van der Waals surface area contributed by atoms with E-state index in [4.69, 9.17) is 0 Å². The molecule has 1 aliphatic carbocycles. The van der Waals surface area contributed by atoms with E-state index in [2.05, 4.69) is 15.9 Å². The number of benzene rings is 2. The Hall–Kier alpha value is -2.00. The first-order chi connectivity index (χ1) is 10.1. The van der Waals surface area contributed by atoms with Crippen molar-refractivity contribution in [3.63, 3.8) is 0 Å². The average Bonchev–Trinajstić information content (AvgIpc) is 2.47. The Bertz CT molecular complexity index is 788. The summed E-state index contributed by atoms with van der Waals surface area (Å²) >= 11 is 3.43. The van der Waals surface area contributed by atoms with E-state index in [0.717, 1.165) is 15.6 Å². The molecule has 2 aromatic carbocycles. The summed E-state index contributed by atoms with van der Waals surface area (Å²) in [4.78, 5) is 24.6. The van der Waals surface area contributed by atoms with E-state index >= 15 is 0 Å². The molecule has 0 unspecified atom stereocenters. The van der Waals surface area contributed by atoms with E-state index in [9.17, 15) is 9.59 Å². The predicted octanol–water partition coefficient (Wildman–Crippen LogP) is 4.31. The van der Waals surface area contributed by atoms with Gasteiger partial charge in [-0.15, -0.1) is 0 Å². The summed E-state index contributed by atoms with van der Waals surface area (Å²) < 4.78 is 1.01. The highest BCUT2D eigenvalue weighted by Crippen LogP contribution is 2.25. The monoisotopic (exact) mass is 340 g/mol. The highest BCUT2D eigenvalue weighted by molar-refractivity contribution is 9.10. The summed E-state index contributed by atoms with van der Waals surface area (Å²) in [6.45, 7) is 2.00. The molecule has 0 radical (unpaired) electrons. The van der Waals surface area contributed by atoms with Crippen LogP contribution in [-0.2, 0) is 6.42 Å². The maximum atomic E-state index is 12.5. The second kappa shape index (κ2) is 5.41. The van der Waals surface area contributed by atoms with E-state index in [1.54, 1.807) is 24.3 Å². The Kier molecular flexibility index (Phi) is 3.60. The largest absolute Gasteiger partial charge is 0.289 e. The molecule has 2 nitrogen and oxygen atoms in total. The van der Waals surface area contributed by atoms with E-state index in [1.807, 2.05) is 25.1 Å². The lowest BCUT2D eigenvalue weighted by molar-refractivity contribution is 0.0982. The number of allylic oxidation sites excluding steroid dienone is 2.